The predicted octanol–water partition coefficient (Wildman–Crippen LogP) is 0.565. The van der Waals surface area contributed by atoms with Crippen LogP contribution in [-0.2, 0) is 13.6 Å². The van der Waals surface area contributed by atoms with Gasteiger partial charge in [-0.25, -0.2) is 4.79 Å². The molecule has 0 heterocycles. The SMILES string of the molecule is CC(=CO[Si](C)(C)C)C(=O)O[SiH3]. The summed E-state index contributed by atoms with van der Waals surface area (Å²) in [7, 11) is -1.12. The first kappa shape index (κ1) is 11.4. The molecule has 5 heteroatoms. The average molecular weight is 204 g/mol. The standard InChI is InChI=1S/C7H16O3Si2/c1-6(7(8)10-11)5-9-12(2,3)4/h5H,1-4,11H3. The molecule has 0 aromatic rings. The van der Waals surface area contributed by atoms with Gasteiger partial charge in [-0.05, 0) is 26.6 Å². The van der Waals surface area contributed by atoms with Crippen LogP contribution in [0.3, 0.4) is 0 Å². The van der Waals surface area contributed by atoms with Crippen molar-refractivity contribution in [1.29, 1.82) is 0 Å². The van der Waals surface area contributed by atoms with Gasteiger partial charge in [-0.2, -0.15) is 0 Å². The summed E-state index contributed by atoms with van der Waals surface area (Å²) in [5.74, 6) is -0.278. The third-order valence-electron chi connectivity index (χ3n) is 1.10. The largest absolute Gasteiger partial charge is 0.549 e. The Labute approximate surface area is 77.4 Å². The summed E-state index contributed by atoms with van der Waals surface area (Å²) < 4.78 is 10.0. The van der Waals surface area contributed by atoms with Crippen molar-refractivity contribution in [3.05, 3.63) is 11.8 Å². The molecule has 0 aromatic carbocycles. The van der Waals surface area contributed by atoms with E-state index in [1.807, 2.05) is 0 Å². The van der Waals surface area contributed by atoms with E-state index in [2.05, 4.69) is 24.1 Å². The number of hydrogen-bond donors (Lipinski definition) is 0. The zero-order chi connectivity index (χ0) is 9.78. The fraction of sp³-hybridized carbons (Fsp3) is 0.571. The van der Waals surface area contributed by atoms with E-state index in [4.69, 9.17) is 4.43 Å². The van der Waals surface area contributed by atoms with Crippen LogP contribution in [-0.4, -0.2) is 24.8 Å². The summed E-state index contributed by atoms with van der Waals surface area (Å²) in [6, 6.07) is 0. The lowest BCUT2D eigenvalue weighted by Gasteiger charge is -2.15. The van der Waals surface area contributed by atoms with Crippen LogP contribution >= 0.6 is 0 Å². The van der Waals surface area contributed by atoms with E-state index in [0.717, 1.165) is 0 Å². The van der Waals surface area contributed by atoms with Gasteiger partial charge in [0, 0.05) is 0 Å². The molecule has 0 aliphatic carbocycles. The second kappa shape index (κ2) is 4.46. The quantitative estimate of drug-likeness (QED) is 0.383. The van der Waals surface area contributed by atoms with Crippen LogP contribution in [0.15, 0.2) is 11.8 Å². The van der Waals surface area contributed by atoms with Gasteiger partial charge in [-0.15, -0.1) is 0 Å². The van der Waals surface area contributed by atoms with Gasteiger partial charge in [0.15, 0.2) is 0 Å². The minimum absolute atomic E-state index is 0.278. The van der Waals surface area contributed by atoms with Crippen LogP contribution in [0.25, 0.3) is 0 Å². The maximum Gasteiger partial charge on any atom is 0.322 e. The third-order valence-corrected chi connectivity index (χ3v) is 2.29. The highest BCUT2D eigenvalue weighted by molar-refractivity contribution is 6.69. The first-order chi connectivity index (χ1) is 5.37. The summed E-state index contributed by atoms with van der Waals surface area (Å²) in [6.07, 6.45) is 1.51. The molecule has 3 nitrogen and oxygen atoms in total. The normalized spacial score (nSPS) is 12.8. The molecular formula is C7H16O3Si2. The molecule has 0 atom stereocenters. The molecule has 0 aliphatic heterocycles. The van der Waals surface area contributed by atoms with E-state index < -0.39 is 8.32 Å². The number of carbonyl (C=O) groups excluding carboxylic acids is 1. The zero-order valence-corrected chi connectivity index (χ0v) is 11.3. The van der Waals surface area contributed by atoms with E-state index in [9.17, 15) is 4.79 Å². The van der Waals surface area contributed by atoms with Crippen molar-refractivity contribution in [2.24, 2.45) is 0 Å². The lowest BCUT2D eigenvalue weighted by atomic mass is 10.4. The Balaban J connectivity index is 4.10. The molecule has 0 unspecified atom stereocenters. The minimum Gasteiger partial charge on any atom is -0.549 e. The molecule has 0 spiro atoms. The molecular weight excluding hydrogens is 188 g/mol. The Kier molecular flexibility index (Phi) is 4.26. The smallest absolute Gasteiger partial charge is 0.322 e. The molecule has 0 saturated carbocycles. The molecule has 0 saturated heterocycles. The van der Waals surface area contributed by atoms with Crippen molar-refractivity contribution in [3.63, 3.8) is 0 Å². The van der Waals surface area contributed by atoms with Crippen LogP contribution in [0, 0.1) is 0 Å². The second-order valence-electron chi connectivity index (χ2n) is 3.52. The summed E-state index contributed by atoms with van der Waals surface area (Å²) in [4.78, 5) is 10.9. The lowest BCUT2D eigenvalue weighted by molar-refractivity contribution is -0.129. The predicted molar refractivity (Wildman–Crippen MR) is 54.2 cm³/mol. The van der Waals surface area contributed by atoms with Crippen molar-refractivity contribution in [2.75, 3.05) is 0 Å². The van der Waals surface area contributed by atoms with Crippen molar-refractivity contribution in [3.8, 4) is 0 Å². The van der Waals surface area contributed by atoms with Crippen molar-refractivity contribution in [2.45, 2.75) is 26.6 Å². The minimum atomic E-state index is -1.55. The molecule has 0 aliphatic rings. The monoisotopic (exact) mass is 204 g/mol. The summed E-state index contributed by atoms with van der Waals surface area (Å²) in [6.45, 7) is 7.87. The van der Waals surface area contributed by atoms with E-state index >= 15 is 0 Å². The number of hydrogen-bond acceptors (Lipinski definition) is 3. The summed E-state index contributed by atoms with van der Waals surface area (Å²) in [5, 5.41) is 0. The van der Waals surface area contributed by atoms with Crippen molar-refractivity contribution in [1.82, 2.24) is 0 Å². The van der Waals surface area contributed by atoms with Gasteiger partial charge in [0.2, 0.25) is 18.8 Å². The molecule has 0 aromatic heterocycles. The van der Waals surface area contributed by atoms with Crippen LogP contribution < -0.4 is 0 Å². The maximum atomic E-state index is 10.9. The van der Waals surface area contributed by atoms with E-state index in [1.165, 1.54) is 6.26 Å². The molecule has 0 fully saturated rings. The fourth-order valence-corrected chi connectivity index (χ4v) is 1.33. The van der Waals surface area contributed by atoms with Gasteiger partial charge in [-0.1, -0.05) is 0 Å². The third kappa shape index (κ3) is 5.14. The Morgan fingerprint density at radius 1 is 1.42 bits per heavy atom. The molecule has 0 bridgehead atoms. The highest BCUT2D eigenvalue weighted by atomic mass is 28.4. The lowest BCUT2D eigenvalue weighted by Crippen LogP contribution is -2.22. The Morgan fingerprint density at radius 3 is 2.25 bits per heavy atom. The van der Waals surface area contributed by atoms with Crippen LogP contribution in [0.5, 0.6) is 0 Å². The van der Waals surface area contributed by atoms with Gasteiger partial charge < -0.3 is 8.85 Å². The van der Waals surface area contributed by atoms with Crippen LogP contribution in [0.2, 0.25) is 19.6 Å². The fourth-order valence-electron chi connectivity index (χ4n) is 0.474. The number of rotatable bonds is 3. The molecule has 12 heavy (non-hydrogen) atoms. The first-order valence-electron chi connectivity index (χ1n) is 3.79. The van der Waals surface area contributed by atoms with Gasteiger partial charge in [0.1, 0.15) is 0 Å². The summed E-state index contributed by atoms with van der Waals surface area (Å²) in [5.41, 5.74) is 0.535. The van der Waals surface area contributed by atoms with E-state index in [1.54, 1.807) is 6.92 Å². The van der Waals surface area contributed by atoms with Crippen LogP contribution in [0.4, 0.5) is 0 Å². The highest BCUT2D eigenvalue weighted by Gasteiger charge is 2.14. The van der Waals surface area contributed by atoms with Gasteiger partial charge in [0.25, 0.3) is 0 Å². The maximum absolute atomic E-state index is 10.9. The molecule has 70 valence electrons. The zero-order valence-electron chi connectivity index (χ0n) is 8.30. The van der Waals surface area contributed by atoms with Gasteiger partial charge >= 0.3 is 5.97 Å². The molecule has 0 radical (unpaired) electrons. The van der Waals surface area contributed by atoms with E-state index in [-0.39, 0.29) is 5.97 Å². The van der Waals surface area contributed by atoms with Gasteiger partial charge in [0.05, 0.1) is 11.8 Å². The van der Waals surface area contributed by atoms with Crippen molar-refractivity contribution >= 4 is 24.8 Å². The highest BCUT2D eigenvalue weighted by Crippen LogP contribution is 2.05. The topological polar surface area (TPSA) is 35.5 Å². The number of carbonyl (C=O) groups is 1. The summed E-state index contributed by atoms with van der Waals surface area (Å²) >= 11 is 0. The van der Waals surface area contributed by atoms with Gasteiger partial charge in [-0.3, -0.25) is 0 Å². The first-order valence-corrected chi connectivity index (χ1v) is 8.02. The second-order valence-corrected chi connectivity index (χ2v) is 8.39. The van der Waals surface area contributed by atoms with Crippen LogP contribution in [0.1, 0.15) is 6.92 Å². The van der Waals surface area contributed by atoms with Crippen molar-refractivity contribution < 1.29 is 13.6 Å². The Hall–Kier alpha value is -0.556. The van der Waals surface area contributed by atoms with E-state index in [0.29, 0.717) is 16.1 Å². The molecule has 0 rings (SSSR count). The Bertz CT molecular complexity index is 193. The Morgan fingerprint density at radius 2 is 1.92 bits per heavy atom. The molecule has 0 N–H and O–H groups in total. The molecule has 0 amide bonds. The average Bonchev–Trinajstić information content (AvgIpc) is 1.97.